The SMILES string of the molecule is CCCC(C)Sc1nc2ccccc2[nH]1. The molecule has 1 aromatic heterocycles. The molecule has 1 unspecified atom stereocenters. The predicted molar refractivity (Wildman–Crippen MR) is 66.3 cm³/mol. The van der Waals surface area contributed by atoms with Gasteiger partial charge < -0.3 is 4.98 Å². The fourth-order valence-corrected chi connectivity index (χ4v) is 2.70. The predicted octanol–water partition coefficient (Wildman–Crippen LogP) is 3.84. The third kappa shape index (κ3) is 2.53. The van der Waals surface area contributed by atoms with Crippen molar-refractivity contribution >= 4 is 22.8 Å². The monoisotopic (exact) mass is 220 g/mol. The summed E-state index contributed by atoms with van der Waals surface area (Å²) < 4.78 is 0. The Morgan fingerprint density at radius 3 is 2.93 bits per heavy atom. The van der Waals surface area contributed by atoms with E-state index < -0.39 is 0 Å². The number of rotatable bonds is 4. The van der Waals surface area contributed by atoms with E-state index in [9.17, 15) is 0 Å². The van der Waals surface area contributed by atoms with Crippen molar-refractivity contribution in [2.75, 3.05) is 0 Å². The van der Waals surface area contributed by atoms with Gasteiger partial charge in [0.1, 0.15) is 0 Å². The molecule has 0 saturated carbocycles. The van der Waals surface area contributed by atoms with Crippen molar-refractivity contribution < 1.29 is 0 Å². The van der Waals surface area contributed by atoms with Crippen LogP contribution in [0, 0.1) is 0 Å². The zero-order valence-corrected chi connectivity index (χ0v) is 9.97. The molecule has 0 aliphatic heterocycles. The fraction of sp³-hybridized carbons (Fsp3) is 0.417. The summed E-state index contributed by atoms with van der Waals surface area (Å²) in [6.45, 7) is 4.47. The molecule has 0 aliphatic rings. The largest absolute Gasteiger partial charge is 0.333 e. The molecule has 1 N–H and O–H groups in total. The molecular formula is C12H16N2S. The Morgan fingerprint density at radius 2 is 2.20 bits per heavy atom. The molecule has 80 valence electrons. The van der Waals surface area contributed by atoms with Crippen LogP contribution in [0.1, 0.15) is 26.7 Å². The minimum Gasteiger partial charge on any atom is -0.333 e. The number of fused-ring (bicyclic) bond motifs is 1. The molecule has 15 heavy (non-hydrogen) atoms. The van der Waals surface area contributed by atoms with Crippen molar-refractivity contribution in [3.8, 4) is 0 Å². The Bertz CT molecular complexity index is 403. The minimum absolute atomic E-state index is 0.635. The summed E-state index contributed by atoms with van der Waals surface area (Å²) in [6.07, 6.45) is 2.47. The molecule has 3 heteroatoms. The number of benzene rings is 1. The lowest BCUT2D eigenvalue weighted by Gasteiger charge is -2.05. The Kier molecular flexibility index (Phi) is 3.31. The molecule has 1 heterocycles. The van der Waals surface area contributed by atoms with Gasteiger partial charge in [-0.25, -0.2) is 4.98 Å². The second-order valence-corrected chi connectivity index (χ2v) is 5.20. The maximum absolute atomic E-state index is 4.54. The van der Waals surface area contributed by atoms with Crippen LogP contribution in [0.25, 0.3) is 11.0 Å². The average molecular weight is 220 g/mol. The van der Waals surface area contributed by atoms with Crippen LogP contribution in [0.2, 0.25) is 0 Å². The van der Waals surface area contributed by atoms with Gasteiger partial charge in [0.25, 0.3) is 0 Å². The Hall–Kier alpha value is -0.960. The molecular weight excluding hydrogens is 204 g/mol. The number of thioether (sulfide) groups is 1. The van der Waals surface area contributed by atoms with Crippen molar-refractivity contribution in [2.24, 2.45) is 0 Å². The summed E-state index contributed by atoms with van der Waals surface area (Å²) in [4.78, 5) is 7.88. The smallest absolute Gasteiger partial charge is 0.166 e. The molecule has 2 aromatic rings. The molecule has 0 aliphatic carbocycles. The van der Waals surface area contributed by atoms with E-state index in [1.807, 2.05) is 30.0 Å². The van der Waals surface area contributed by atoms with Gasteiger partial charge in [-0.15, -0.1) is 0 Å². The molecule has 1 aromatic carbocycles. The maximum Gasteiger partial charge on any atom is 0.166 e. The van der Waals surface area contributed by atoms with Crippen LogP contribution in [0.5, 0.6) is 0 Å². The van der Waals surface area contributed by atoms with Crippen molar-refractivity contribution in [2.45, 2.75) is 37.1 Å². The normalized spacial score (nSPS) is 13.2. The van der Waals surface area contributed by atoms with Gasteiger partial charge >= 0.3 is 0 Å². The van der Waals surface area contributed by atoms with Gasteiger partial charge in [-0.3, -0.25) is 0 Å². The first-order valence-electron chi connectivity index (χ1n) is 5.41. The highest BCUT2D eigenvalue weighted by atomic mass is 32.2. The zero-order valence-electron chi connectivity index (χ0n) is 9.16. The number of H-pyrrole nitrogens is 1. The van der Waals surface area contributed by atoms with Gasteiger partial charge in [0.15, 0.2) is 5.16 Å². The summed E-state index contributed by atoms with van der Waals surface area (Å²) in [5.41, 5.74) is 2.19. The number of hydrogen-bond donors (Lipinski definition) is 1. The Morgan fingerprint density at radius 1 is 1.40 bits per heavy atom. The quantitative estimate of drug-likeness (QED) is 0.793. The average Bonchev–Trinajstić information content (AvgIpc) is 2.59. The lowest BCUT2D eigenvalue weighted by molar-refractivity contribution is 0.784. The number of nitrogens with zero attached hydrogens (tertiary/aromatic N) is 1. The summed E-state index contributed by atoms with van der Waals surface area (Å²) in [5.74, 6) is 0. The lowest BCUT2D eigenvalue weighted by Crippen LogP contribution is -1.94. The fourth-order valence-electron chi connectivity index (χ4n) is 1.64. The summed E-state index contributed by atoms with van der Waals surface area (Å²) in [7, 11) is 0. The van der Waals surface area contributed by atoms with Crippen molar-refractivity contribution in [3.63, 3.8) is 0 Å². The number of hydrogen-bond acceptors (Lipinski definition) is 2. The van der Waals surface area contributed by atoms with Crippen LogP contribution in [-0.2, 0) is 0 Å². The summed E-state index contributed by atoms with van der Waals surface area (Å²) >= 11 is 1.83. The van der Waals surface area contributed by atoms with Gasteiger partial charge in [0.05, 0.1) is 11.0 Å². The molecule has 0 amide bonds. The third-order valence-electron chi connectivity index (χ3n) is 2.38. The number of nitrogens with one attached hydrogen (secondary N) is 1. The van der Waals surface area contributed by atoms with Crippen LogP contribution < -0.4 is 0 Å². The third-order valence-corrected chi connectivity index (χ3v) is 3.43. The van der Waals surface area contributed by atoms with Gasteiger partial charge in [-0.1, -0.05) is 44.2 Å². The highest BCUT2D eigenvalue weighted by molar-refractivity contribution is 7.99. The first-order valence-corrected chi connectivity index (χ1v) is 6.29. The van der Waals surface area contributed by atoms with Crippen LogP contribution in [-0.4, -0.2) is 15.2 Å². The first kappa shape index (κ1) is 10.6. The van der Waals surface area contributed by atoms with Crippen molar-refractivity contribution in [1.82, 2.24) is 9.97 Å². The van der Waals surface area contributed by atoms with E-state index in [0.717, 1.165) is 16.2 Å². The summed E-state index contributed by atoms with van der Waals surface area (Å²) in [5, 5.41) is 1.67. The minimum atomic E-state index is 0.635. The van der Waals surface area contributed by atoms with E-state index in [-0.39, 0.29) is 0 Å². The van der Waals surface area contributed by atoms with E-state index in [1.54, 1.807) is 0 Å². The van der Waals surface area contributed by atoms with Crippen molar-refractivity contribution in [3.05, 3.63) is 24.3 Å². The second-order valence-electron chi connectivity index (χ2n) is 3.78. The number of aromatic nitrogens is 2. The maximum atomic E-state index is 4.54. The van der Waals surface area contributed by atoms with Gasteiger partial charge in [0.2, 0.25) is 0 Å². The number of para-hydroxylation sites is 2. The van der Waals surface area contributed by atoms with E-state index in [0.29, 0.717) is 5.25 Å². The Balaban J connectivity index is 2.15. The van der Waals surface area contributed by atoms with E-state index in [1.165, 1.54) is 12.8 Å². The van der Waals surface area contributed by atoms with Crippen LogP contribution in [0.15, 0.2) is 29.4 Å². The molecule has 0 bridgehead atoms. The van der Waals surface area contributed by atoms with Crippen LogP contribution >= 0.6 is 11.8 Å². The molecule has 2 rings (SSSR count). The molecule has 0 saturated heterocycles. The first-order chi connectivity index (χ1) is 7.29. The lowest BCUT2D eigenvalue weighted by atomic mass is 10.3. The van der Waals surface area contributed by atoms with Gasteiger partial charge in [-0.2, -0.15) is 0 Å². The highest BCUT2D eigenvalue weighted by Crippen LogP contribution is 2.25. The second kappa shape index (κ2) is 4.71. The molecule has 0 spiro atoms. The van der Waals surface area contributed by atoms with Crippen LogP contribution in [0.4, 0.5) is 0 Å². The zero-order chi connectivity index (χ0) is 10.7. The van der Waals surface area contributed by atoms with E-state index in [4.69, 9.17) is 0 Å². The summed E-state index contributed by atoms with van der Waals surface area (Å²) in [6, 6.07) is 8.16. The Labute approximate surface area is 94.5 Å². The van der Waals surface area contributed by atoms with Crippen LogP contribution in [0.3, 0.4) is 0 Å². The highest BCUT2D eigenvalue weighted by Gasteiger charge is 2.07. The van der Waals surface area contributed by atoms with Crippen molar-refractivity contribution in [1.29, 1.82) is 0 Å². The number of aromatic amines is 1. The molecule has 0 fully saturated rings. The molecule has 2 nitrogen and oxygen atoms in total. The standard InChI is InChI=1S/C12H16N2S/c1-3-6-9(2)15-12-13-10-7-4-5-8-11(10)14-12/h4-5,7-9H,3,6H2,1-2H3,(H,13,14). The topological polar surface area (TPSA) is 28.7 Å². The van der Waals surface area contributed by atoms with E-state index in [2.05, 4.69) is 29.9 Å². The molecule has 0 radical (unpaired) electrons. The van der Waals surface area contributed by atoms with Gasteiger partial charge in [-0.05, 0) is 18.6 Å². The van der Waals surface area contributed by atoms with E-state index >= 15 is 0 Å². The molecule has 1 atom stereocenters. The number of imidazole rings is 1. The van der Waals surface area contributed by atoms with Gasteiger partial charge in [0, 0.05) is 5.25 Å².